The van der Waals surface area contributed by atoms with Crippen molar-refractivity contribution in [2.24, 2.45) is 5.92 Å². The van der Waals surface area contributed by atoms with Crippen LogP contribution in [0, 0.1) is 16.0 Å². The van der Waals surface area contributed by atoms with Gasteiger partial charge in [0.1, 0.15) is 0 Å². The summed E-state index contributed by atoms with van der Waals surface area (Å²) in [6.45, 7) is 0.848. The van der Waals surface area contributed by atoms with E-state index in [2.05, 4.69) is 5.32 Å². The van der Waals surface area contributed by atoms with Crippen LogP contribution in [0.4, 0.5) is 0 Å². The fraction of sp³-hybridized carbons (Fsp3) is 1.00. The van der Waals surface area contributed by atoms with Gasteiger partial charge in [-0.3, -0.25) is 15.4 Å². The van der Waals surface area contributed by atoms with E-state index in [0.717, 1.165) is 32.2 Å². The number of nitrogens with one attached hydrogen (secondary N) is 1. The summed E-state index contributed by atoms with van der Waals surface area (Å²) >= 11 is 0. The minimum absolute atomic E-state index is 0.137. The van der Waals surface area contributed by atoms with Crippen LogP contribution in [0.5, 0.6) is 0 Å². The Morgan fingerprint density at radius 3 is 2.36 bits per heavy atom. The van der Waals surface area contributed by atoms with E-state index in [1.165, 1.54) is 0 Å². The standard InChI is InChI=1S/C7H12N2O2/c10-9(11)7-3-1-6(2-4-7)5-8-7/h6,8H,1-5H2. The molecule has 4 nitrogen and oxygen atoms in total. The molecule has 11 heavy (non-hydrogen) atoms. The molecule has 0 aromatic rings. The van der Waals surface area contributed by atoms with Crippen molar-refractivity contribution < 1.29 is 4.92 Å². The first-order valence-electron chi connectivity index (χ1n) is 4.12. The van der Waals surface area contributed by atoms with Gasteiger partial charge in [-0.25, -0.2) is 0 Å². The maximum absolute atomic E-state index is 10.7. The Kier molecular flexibility index (Phi) is 1.39. The van der Waals surface area contributed by atoms with E-state index >= 15 is 0 Å². The van der Waals surface area contributed by atoms with E-state index in [1.54, 1.807) is 0 Å². The largest absolute Gasteiger partial charge is 0.275 e. The quantitative estimate of drug-likeness (QED) is 0.450. The normalized spacial score (nSPS) is 42.4. The molecule has 1 aliphatic carbocycles. The van der Waals surface area contributed by atoms with Gasteiger partial charge in [0.25, 0.3) is 5.66 Å². The number of hydrogen-bond donors (Lipinski definition) is 1. The molecule has 3 rings (SSSR count). The molecule has 2 bridgehead atoms. The second-order valence-corrected chi connectivity index (χ2v) is 3.61. The molecular formula is C7H12N2O2. The SMILES string of the molecule is O=[N+]([O-])C12CCC(CC1)CN2. The van der Waals surface area contributed by atoms with Crippen molar-refractivity contribution in [3.05, 3.63) is 10.1 Å². The number of hydrogen-bond acceptors (Lipinski definition) is 3. The van der Waals surface area contributed by atoms with Crippen LogP contribution in [0.2, 0.25) is 0 Å². The Labute approximate surface area is 65.1 Å². The highest BCUT2D eigenvalue weighted by Crippen LogP contribution is 2.36. The highest BCUT2D eigenvalue weighted by atomic mass is 16.6. The third kappa shape index (κ3) is 0.929. The molecular weight excluding hydrogens is 144 g/mol. The van der Waals surface area contributed by atoms with Gasteiger partial charge in [0, 0.05) is 24.3 Å². The Morgan fingerprint density at radius 2 is 2.09 bits per heavy atom. The molecule has 2 heterocycles. The van der Waals surface area contributed by atoms with Crippen LogP contribution >= 0.6 is 0 Å². The van der Waals surface area contributed by atoms with E-state index in [1.807, 2.05) is 0 Å². The molecule has 2 aliphatic heterocycles. The van der Waals surface area contributed by atoms with Gasteiger partial charge in [0.05, 0.1) is 0 Å². The van der Waals surface area contributed by atoms with E-state index in [-0.39, 0.29) is 4.92 Å². The molecule has 0 aromatic heterocycles. The average Bonchev–Trinajstić information content (AvgIpc) is 2.08. The summed E-state index contributed by atoms with van der Waals surface area (Å²) in [7, 11) is 0. The number of fused-ring (bicyclic) bond motifs is 3. The molecule has 0 radical (unpaired) electrons. The van der Waals surface area contributed by atoms with Crippen molar-refractivity contribution in [2.75, 3.05) is 6.54 Å². The topological polar surface area (TPSA) is 55.2 Å². The van der Waals surface area contributed by atoms with E-state index in [0.29, 0.717) is 5.92 Å². The van der Waals surface area contributed by atoms with Crippen LogP contribution in [0.15, 0.2) is 0 Å². The van der Waals surface area contributed by atoms with Crippen molar-refractivity contribution in [1.29, 1.82) is 0 Å². The molecule has 2 saturated heterocycles. The molecule has 4 heteroatoms. The molecule has 0 unspecified atom stereocenters. The summed E-state index contributed by atoms with van der Waals surface area (Å²) in [6.07, 6.45) is 3.53. The van der Waals surface area contributed by atoms with Crippen molar-refractivity contribution in [2.45, 2.75) is 31.3 Å². The lowest BCUT2D eigenvalue weighted by Crippen LogP contribution is -2.60. The summed E-state index contributed by atoms with van der Waals surface area (Å²) in [4.78, 5) is 10.5. The molecule has 0 aromatic carbocycles. The third-order valence-electron chi connectivity index (χ3n) is 3.00. The first-order chi connectivity index (χ1) is 5.23. The molecule has 0 amide bonds. The lowest BCUT2D eigenvalue weighted by molar-refractivity contribution is -0.588. The Balaban J connectivity index is 2.18. The number of rotatable bonds is 1. The van der Waals surface area contributed by atoms with Crippen LogP contribution < -0.4 is 5.32 Å². The number of nitro groups is 1. The van der Waals surface area contributed by atoms with Gasteiger partial charge >= 0.3 is 0 Å². The lowest BCUT2D eigenvalue weighted by atomic mass is 9.77. The van der Waals surface area contributed by atoms with E-state index in [4.69, 9.17) is 0 Å². The van der Waals surface area contributed by atoms with Crippen molar-refractivity contribution in [3.63, 3.8) is 0 Å². The van der Waals surface area contributed by atoms with Gasteiger partial charge in [0.15, 0.2) is 0 Å². The molecule has 3 aliphatic rings. The Hall–Kier alpha value is -0.640. The molecule has 1 N–H and O–H groups in total. The van der Waals surface area contributed by atoms with Gasteiger partial charge in [0.2, 0.25) is 0 Å². The molecule has 62 valence electrons. The Morgan fingerprint density at radius 1 is 1.45 bits per heavy atom. The molecule has 1 saturated carbocycles. The predicted molar refractivity (Wildman–Crippen MR) is 39.7 cm³/mol. The van der Waals surface area contributed by atoms with Crippen molar-refractivity contribution >= 4 is 0 Å². The zero-order chi connectivity index (χ0) is 7.90. The maximum atomic E-state index is 10.7. The predicted octanol–water partition coefficient (Wildman–Crippen LogP) is 0.753. The van der Waals surface area contributed by atoms with Crippen molar-refractivity contribution in [3.8, 4) is 0 Å². The minimum Gasteiger partial charge on any atom is -0.263 e. The van der Waals surface area contributed by atoms with Crippen LogP contribution in [-0.2, 0) is 0 Å². The zero-order valence-electron chi connectivity index (χ0n) is 6.38. The van der Waals surface area contributed by atoms with Crippen LogP contribution in [-0.4, -0.2) is 17.1 Å². The first kappa shape index (κ1) is 7.03. The summed E-state index contributed by atoms with van der Waals surface area (Å²) in [6, 6.07) is 0. The zero-order valence-corrected chi connectivity index (χ0v) is 6.38. The number of nitrogens with zero attached hydrogens (tertiary/aromatic N) is 1. The fourth-order valence-corrected chi connectivity index (χ4v) is 2.12. The smallest absolute Gasteiger partial charge is 0.263 e. The van der Waals surface area contributed by atoms with Gasteiger partial charge in [-0.1, -0.05) is 0 Å². The van der Waals surface area contributed by atoms with Gasteiger partial charge in [-0.05, 0) is 18.8 Å². The molecule has 3 fully saturated rings. The highest BCUT2D eigenvalue weighted by molar-refractivity contribution is 4.90. The molecule has 0 atom stereocenters. The minimum atomic E-state index is -0.741. The summed E-state index contributed by atoms with van der Waals surface area (Å²) < 4.78 is 0. The van der Waals surface area contributed by atoms with Crippen LogP contribution in [0.25, 0.3) is 0 Å². The van der Waals surface area contributed by atoms with Gasteiger partial charge < -0.3 is 0 Å². The van der Waals surface area contributed by atoms with Crippen LogP contribution in [0.3, 0.4) is 0 Å². The maximum Gasteiger partial charge on any atom is 0.275 e. The monoisotopic (exact) mass is 156 g/mol. The lowest BCUT2D eigenvalue weighted by Gasteiger charge is -2.40. The summed E-state index contributed by atoms with van der Waals surface area (Å²) in [5.74, 6) is 0.705. The van der Waals surface area contributed by atoms with E-state index < -0.39 is 5.66 Å². The number of piperidine rings is 2. The van der Waals surface area contributed by atoms with Gasteiger partial charge in [-0.15, -0.1) is 0 Å². The molecule has 0 spiro atoms. The first-order valence-corrected chi connectivity index (χ1v) is 4.12. The average molecular weight is 156 g/mol. The Bertz CT molecular complexity index is 171. The van der Waals surface area contributed by atoms with E-state index in [9.17, 15) is 10.1 Å². The third-order valence-corrected chi connectivity index (χ3v) is 3.00. The highest BCUT2D eigenvalue weighted by Gasteiger charge is 2.49. The van der Waals surface area contributed by atoms with Gasteiger partial charge in [-0.2, -0.15) is 0 Å². The summed E-state index contributed by atoms with van der Waals surface area (Å²) in [5.41, 5.74) is -0.741. The van der Waals surface area contributed by atoms with Crippen molar-refractivity contribution in [1.82, 2.24) is 5.32 Å². The second kappa shape index (κ2) is 2.17. The summed E-state index contributed by atoms with van der Waals surface area (Å²) in [5, 5.41) is 13.7. The van der Waals surface area contributed by atoms with Crippen LogP contribution in [0.1, 0.15) is 25.7 Å². The fourth-order valence-electron chi connectivity index (χ4n) is 2.12. The second-order valence-electron chi connectivity index (χ2n) is 3.61.